The van der Waals surface area contributed by atoms with Crippen LogP contribution in [0.4, 0.5) is 0 Å². The average Bonchev–Trinajstić information content (AvgIpc) is 2.78. The lowest BCUT2D eigenvalue weighted by molar-refractivity contribution is 0.414. The highest BCUT2D eigenvalue weighted by Gasteiger charge is 2.23. The van der Waals surface area contributed by atoms with Crippen LogP contribution in [0.5, 0.6) is 5.75 Å². The van der Waals surface area contributed by atoms with Crippen LogP contribution in [0.2, 0.25) is 0 Å². The van der Waals surface area contributed by atoms with E-state index < -0.39 is 0 Å². The van der Waals surface area contributed by atoms with Gasteiger partial charge in [-0.15, -0.1) is 5.10 Å². The Morgan fingerprint density at radius 2 is 2.00 bits per heavy atom. The Kier molecular flexibility index (Phi) is 3.38. The number of nitrogens with zero attached hydrogens (tertiary/aromatic N) is 4. The summed E-state index contributed by atoms with van der Waals surface area (Å²) in [5.41, 5.74) is 0.732. The number of methoxy groups -OCH3 is 1. The van der Waals surface area contributed by atoms with E-state index in [9.17, 15) is 0 Å². The Bertz CT molecular complexity index is 559. The first-order chi connectivity index (χ1) is 8.43. The van der Waals surface area contributed by atoms with E-state index in [2.05, 4.69) is 52.2 Å². The first kappa shape index (κ1) is 13.0. The van der Waals surface area contributed by atoms with Gasteiger partial charge in [0.25, 0.3) is 0 Å². The molecule has 0 aliphatic heterocycles. The number of benzene rings is 1. The number of hydrogen-bond donors (Lipinski definition) is 0. The molecule has 0 unspecified atom stereocenters. The van der Waals surface area contributed by atoms with Gasteiger partial charge in [-0.2, -0.15) is 4.68 Å². The standard InChI is InChI=1S/C12H15BrN4O/c1-12(2,3)11-14-15-16-17(11)10-7-8(18-4)5-6-9(10)13/h5-7H,1-4H3. The van der Waals surface area contributed by atoms with Gasteiger partial charge in [0.05, 0.1) is 12.8 Å². The second-order valence-electron chi connectivity index (χ2n) is 4.98. The van der Waals surface area contributed by atoms with Gasteiger partial charge < -0.3 is 4.74 Å². The fraction of sp³-hybridized carbons (Fsp3) is 0.417. The van der Waals surface area contributed by atoms with Crippen molar-refractivity contribution in [2.45, 2.75) is 26.2 Å². The smallest absolute Gasteiger partial charge is 0.162 e. The second kappa shape index (κ2) is 4.68. The van der Waals surface area contributed by atoms with Crippen molar-refractivity contribution in [2.24, 2.45) is 0 Å². The van der Waals surface area contributed by atoms with E-state index >= 15 is 0 Å². The van der Waals surface area contributed by atoms with Crippen LogP contribution in [0.3, 0.4) is 0 Å². The highest BCUT2D eigenvalue weighted by Crippen LogP contribution is 2.28. The molecule has 1 heterocycles. The molecule has 0 saturated heterocycles. The summed E-state index contributed by atoms with van der Waals surface area (Å²) < 4.78 is 7.88. The Morgan fingerprint density at radius 1 is 1.28 bits per heavy atom. The molecule has 0 N–H and O–H groups in total. The van der Waals surface area contributed by atoms with Gasteiger partial charge in [-0.1, -0.05) is 20.8 Å². The molecule has 0 atom stereocenters. The van der Waals surface area contributed by atoms with Crippen LogP contribution in [0.1, 0.15) is 26.6 Å². The Hall–Kier alpha value is -1.43. The van der Waals surface area contributed by atoms with Crippen molar-refractivity contribution in [2.75, 3.05) is 7.11 Å². The number of aromatic nitrogens is 4. The summed E-state index contributed by atoms with van der Waals surface area (Å²) in [6.07, 6.45) is 0. The number of rotatable bonds is 2. The Morgan fingerprint density at radius 3 is 2.61 bits per heavy atom. The maximum absolute atomic E-state index is 5.23. The monoisotopic (exact) mass is 310 g/mol. The van der Waals surface area contributed by atoms with Crippen molar-refractivity contribution in [3.63, 3.8) is 0 Å². The first-order valence-electron chi connectivity index (χ1n) is 5.56. The van der Waals surface area contributed by atoms with Crippen molar-refractivity contribution in [3.05, 3.63) is 28.5 Å². The zero-order valence-corrected chi connectivity index (χ0v) is 12.4. The number of tetrazole rings is 1. The van der Waals surface area contributed by atoms with E-state index in [0.29, 0.717) is 0 Å². The van der Waals surface area contributed by atoms with Gasteiger partial charge in [-0.05, 0) is 38.5 Å². The topological polar surface area (TPSA) is 52.8 Å². The van der Waals surface area contributed by atoms with E-state index in [1.807, 2.05) is 18.2 Å². The maximum atomic E-state index is 5.23. The van der Waals surface area contributed by atoms with Crippen molar-refractivity contribution in [1.29, 1.82) is 0 Å². The maximum Gasteiger partial charge on any atom is 0.162 e. The molecule has 0 bridgehead atoms. The predicted octanol–water partition coefficient (Wildman–Crippen LogP) is 2.73. The average molecular weight is 311 g/mol. The summed E-state index contributed by atoms with van der Waals surface area (Å²) in [6.45, 7) is 6.22. The zero-order valence-electron chi connectivity index (χ0n) is 10.8. The molecular weight excluding hydrogens is 296 g/mol. The minimum atomic E-state index is -0.133. The molecule has 0 spiro atoms. The Labute approximate surface area is 114 Å². The van der Waals surface area contributed by atoms with Crippen LogP contribution in [0.15, 0.2) is 22.7 Å². The molecule has 96 valence electrons. The highest BCUT2D eigenvalue weighted by molar-refractivity contribution is 9.10. The van der Waals surface area contributed by atoms with Crippen molar-refractivity contribution < 1.29 is 4.74 Å². The van der Waals surface area contributed by atoms with Crippen LogP contribution < -0.4 is 4.74 Å². The second-order valence-corrected chi connectivity index (χ2v) is 5.84. The summed E-state index contributed by atoms with van der Waals surface area (Å²) in [4.78, 5) is 0. The lowest BCUT2D eigenvalue weighted by Crippen LogP contribution is -2.19. The van der Waals surface area contributed by atoms with Gasteiger partial charge in [0.15, 0.2) is 5.82 Å². The molecule has 18 heavy (non-hydrogen) atoms. The van der Waals surface area contributed by atoms with Crippen LogP contribution in [-0.4, -0.2) is 27.3 Å². The lowest BCUT2D eigenvalue weighted by Gasteiger charge is -2.18. The summed E-state index contributed by atoms with van der Waals surface area (Å²) in [5, 5.41) is 11.9. The molecule has 0 saturated carbocycles. The SMILES string of the molecule is COc1ccc(Br)c(-n2nnnc2C(C)(C)C)c1. The number of halogens is 1. The molecule has 6 heteroatoms. The quantitative estimate of drug-likeness (QED) is 0.856. The molecule has 0 amide bonds. The van der Waals surface area contributed by atoms with Gasteiger partial charge >= 0.3 is 0 Å². The van der Waals surface area contributed by atoms with Crippen molar-refractivity contribution in [3.8, 4) is 11.4 Å². The number of hydrogen-bond acceptors (Lipinski definition) is 4. The van der Waals surface area contributed by atoms with Gasteiger partial charge in [-0.25, -0.2) is 0 Å². The van der Waals surface area contributed by atoms with E-state index in [4.69, 9.17) is 4.74 Å². The molecule has 1 aromatic carbocycles. The largest absolute Gasteiger partial charge is 0.497 e. The molecule has 0 fully saturated rings. The van der Waals surface area contributed by atoms with Crippen LogP contribution >= 0.6 is 15.9 Å². The third-order valence-electron chi connectivity index (χ3n) is 2.52. The van der Waals surface area contributed by atoms with Crippen LogP contribution in [-0.2, 0) is 5.41 Å². The van der Waals surface area contributed by atoms with Crippen LogP contribution in [0, 0.1) is 0 Å². The predicted molar refractivity (Wildman–Crippen MR) is 72.1 cm³/mol. The molecule has 2 rings (SSSR count). The summed E-state index contributed by atoms with van der Waals surface area (Å²) in [7, 11) is 1.64. The zero-order chi connectivity index (χ0) is 13.3. The summed E-state index contributed by atoms with van der Waals surface area (Å²) in [6, 6.07) is 5.70. The molecule has 0 radical (unpaired) electrons. The first-order valence-corrected chi connectivity index (χ1v) is 6.35. The van der Waals surface area contributed by atoms with Gasteiger partial charge in [-0.3, -0.25) is 0 Å². The molecule has 1 aromatic heterocycles. The molecular formula is C12H15BrN4O. The van der Waals surface area contributed by atoms with Crippen LogP contribution in [0.25, 0.3) is 5.69 Å². The summed E-state index contributed by atoms with van der Waals surface area (Å²) >= 11 is 3.51. The lowest BCUT2D eigenvalue weighted by atomic mass is 9.96. The van der Waals surface area contributed by atoms with Gasteiger partial charge in [0.2, 0.25) is 0 Å². The van der Waals surface area contributed by atoms with E-state index in [0.717, 1.165) is 21.7 Å². The molecule has 2 aromatic rings. The third kappa shape index (κ3) is 2.38. The van der Waals surface area contributed by atoms with Gasteiger partial charge in [0, 0.05) is 16.0 Å². The van der Waals surface area contributed by atoms with Gasteiger partial charge in [0.1, 0.15) is 5.75 Å². The van der Waals surface area contributed by atoms with Crippen molar-refractivity contribution in [1.82, 2.24) is 20.2 Å². The minimum Gasteiger partial charge on any atom is -0.497 e. The van der Waals surface area contributed by atoms with E-state index in [1.54, 1.807) is 11.8 Å². The molecule has 0 aliphatic carbocycles. The number of ether oxygens (including phenoxy) is 1. The fourth-order valence-corrected chi connectivity index (χ4v) is 2.01. The van der Waals surface area contributed by atoms with E-state index in [1.165, 1.54) is 0 Å². The molecule has 5 nitrogen and oxygen atoms in total. The molecule has 0 aliphatic rings. The van der Waals surface area contributed by atoms with E-state index in [-0.39, 0.29) is 5.41 Å². The Balaban J connectivity index is 2.59. The normalized spacial score (nSPS) is 11.6. The summed E-state index contributed by atoms with van der Waals surface area (Å²) in [5.74, 6) is 1.57. The minimum absolute atomic E-state index is 0.133. The third-order valence-corrected chi connectivity index (χ3v) is 3.19. The fourth-order valence-electron chi connectivity index (χ4n) is 1.60. The highest BCUT2D eigenvalue weighted by atomic mass is 79.9. The van der Waals surface area contributed by atoms with Crippen molar-refractivity contribution >= 4 is 15.9 Å².